The van der Waals surface area contributed by atoms with Crippen molar-refractivity contribution in [2.75, 3.05) is 0 Å². The zero-order chi connectivity index (χ0) is 11.8. The van der Waals surface area contributed by atoms with Crippen LogP contribution in [0.2, 0.25) is 0 Å². The highest BCUT2D eigenvalue weighted by atomic mass is 16.2. The first-order valence-electron chi connectivity index (χ1n) is 5.68. The molecule has 2 rings (SSSR count). The minimum Gasteiger partial charge on any atom is -0.348 e. The Morgan fingerprint density at radius 1 is 1.44 bits per heavy atom. The molecule has 3 N–H and O–H groups in total. The van der Waals surface area contributed by atoms with Gasteiger partial charge in [0.15, 0.2) is 0 Å². The van der Waals surface area contributed by atoms with Crippen LogP contribution in [0.5, 0.6) is 0 Å². The molecule has 1 atom stereocenters. The van der Waals surface area contributed by atoms with Gasteiger partial charge in [0.05, 0.1) is 11.6 Å². The van der Waals surface area contributed by atoms with Crippen molar-refractivity contribution >= 4 is 5.91 Å². The molecule has 16 heavy (non-hydrogen) atoms. The summed E-state index contributed by atoms with van der Waals surface area (Å²) in [5.74, 6) is -0.0248. The lowest BCUT2D eigenvalue weighted by Gasteiger charge is -2.18. The van der Waals surface area contributed by atoms with Gasteiger partial charge < -0.3 is 11.1 Å². The highest BCUT2D eigenvalue weighted by Gasteiger charge is 2.46. The molecule has 0 aliphatic heterocycles. The number of rotatable bonds is 3. The third-order valence-electron chi connectivity index (χ3n) is 3.24. The van der Waals surface area contributed by atoms with Gasteiger partial charge in [-0.3, -0.25) is 4.79 Å². The summed E-state index contributed by atoms with van der Waals surface area (Å²) >= 11 is 0. The van der Waals surface area contributed by atoms with E-state index in [-0.39, 0.29) is 11.9 Å². The van der Waals surface area contributed by atoms with Gasteiger partial charge in [-0.05, 0) is 37.8 Å². The van der Waals surface area contributed by atoms with Gasteiger partial charge in [-0.1, -0.05) is 24.3 Å². The first-order chi connectivity index (χ1) is 7.53. The van der Waals surface area contributed by atoms with Gasteiger partial charge in [0.25, 0.3) is 0 Å². The van der Waals surface area contributed by atoms with Crippen molar-refractivity contribution in [1.29, 1.82) is 0 Å². The molecular formula is C13H18N2O. The Hall–Kier alpha value is -1.35. The van der Waals surface area contributed by atoms with Gasteiger partial charge in [0, 0.05) is 0 Å². The third kappa shape index (κ3) is 2.09. The summed E-state index contributed by atoms with van der Waals surface area (Å²) in [5, 5.41) is 2.98. The molecule has 1 fully saturated rings. The van der Waals surface area contributed by atoms with Crippen LogP contribution in [-0.4, -0.2) is 11.4 Å². The highest BCUT2D eigenvalue weighted by molar-refractivity contribution is 5.89. The van der Waals surface area contributed by atoms with Gasteiger partial charge in [-0.2, -0.15) is 0 Å². The SMILES string of the molecule is Cc1ccccc1C(C)NC(=O)C1(N)CC1. The second kappa shape index (κ2) is 3.91. The van der Waals surface area contributed by atoms with Crippen LogP contribution in [0.4, 0.5) is 0 Å². The van der Waals surface area contributed by atoms with Crippen molar-refractivity contribution < 1.29 is 4.79 Å². The van der Waals surface area contributed by atoms with Crippen LogP contribution < -0.4 is 11.1 Å². The van der Waals surface area contributed by atoms with Crippen LogP contribution in [0, 0.1) is 6.92 Å². The summed E-state index contributed by atoms with van der Waals surface area (Å²) in [5.41, 5.74) is 7.60. The number of aryl methyl sites for hydroxylation is 1. The molecule has 0 heterocycles. The van der Waals surface area contributed by atoms with Gasteiger partial charge in [-0.25, -0.2) is 0 Å². The lowest BCUT2D eigenvalue weighted by atomic mass is 10.0. The second-order valence-electron chi connectivity index (χ2n) is 4.71. The van der Waals surface area contributed by atoms with E-state index in [4.69, 9.17) is 5.73 Å². The lowest BCUT2D eigenvalue weighted by molar-refractivity contribution is -0.123. The van der Waals surface area contributed by atoms with E-state index in [0.29, 0.717) is 0 Å². The minimum atomic E-state index is -0.586. The van der Waals surface area contributed by atoms with Crippen LogP contribution in [0.25, 0.3) is 0 Å². The minimum absolute atomic E-state index is 0.0229. The predicted molar refractivity (Wildman–Crippen MR) is 63.9 cm³/mol. The molecule has 1 unspecified atom stereocenters. The molecule has 1 aliphatic carbocycles. The summed E-state index contributed by atoms with van der Waals surface area (Å²) in [4.78, 5) is 11.8. The van der Waals surface area contributed by atoms with E-state index in [9.17, 15) is 4.79 Å². The molecule has 0 radical (unpaired) electrons. The molecule has 0 aromatic heterocycles. The Bertz CT molecular complexity index is 410. The van der Waals surface area contributed by atoms with Crippen molar-refractivity contribution in [3.8, 4) is 0 Å². The Labute approximate surface area is 96.0 Å². The molecular weight excluding hydrogens is 200 g/mol. The van der Waals surface area contributed by atoms with E-state index in [1.165, 1.54) is 5.56 Å². The molecule has 1 aromatic rings. The highest BCUT2D eigenvalue weighted by Crippen LogP contribution is 2.33. The topological polar surface area (TPSA) is 55.1 Å². The van der Waals surface area contributed by atoms with Crippen molar-refractivity contribution in [3.63, 3.8) is 0 Å². The van der Waals surface area contributed by atoms with E-state index < -0.39 is 5.54 Å². The van der Waals surface area contributed by atoms with Crippen LogP contribution in [-0.2, 0) is 4.79 Å². The summed E-state index contributed by atoms with van der Waals surface area (Å²) in [6.07, 6.45) is 1.61. The zero-order valence-corrected chi connectivity index (χ0v) is 9.79. The fraction of sp³-hybridized carbons (Fsp3) is 0.462. The first-order valence-corrected chi connectivity index (χ1v) is 5.68. The number of amides is 1. The Morgan fingerprint density at radius 3 is 2.62 bits per heavy atom. The van der Waals surface area contributed by atoms with Gasteiger partial charge >= 0.3 is 0 Å². The van der Waals surface area contributed by atoms with Crippen molar-refractivity contribution in [2.45, 2.75) is 38.3 Å². The number of nitrogens with two attached hydrogens (primary N) is 1. The first kappa shape index (κ1) is 11.1. The van der Waals surface area contributed by atoms with Crippen molar-refractivity contribution in [3.05, 3.63) is 35.4 Å². The van der Waals surface area contributed by atoms with Gasteiger partial charge in [0.1, 0.15) is 0 Å². The van der Waals surface area contributed by atoms with Crippen LogP contribution in [0.1, 0.15) is 36.9 Å². The quantitative estimate of drug-likeness (QED) is 0.810. The maximum Gasteiger partial charge on any atom is 0.240 e. The maximum absolute atomic E-state index is 11.8. The summed E-state index contributed by atoms with van der Waals surface area (Å²) < 4.78 is 0. The van der Waals surface area contributed by atoms with E-state index >= 15 is 0 Å². The predicted octanol–water partition coefficient (Wildman–Crippen LogP) is 1.66. The fourth-order valence-corrected chi connectivity index (χ4v) is 1.85. The standard InChI is InChI=1S/C13H18N2O/c1-9-5-3-4-6-11(9)10(2)15-12(16)13(14)7-8-13/h3-6,10H,7-8,14H2,1-2H3,(H,15,16). The molecule has 3 nitrogen and oxygen atoms in total. The second-order valence-corrected chi connectivity index (χ2v) is 4.71. The van der Waals surface area contributed by atoms with Crippen LogP contribution >= 0.6 is 0 Å². The molecule has 0 saturated heterocycles. The summed E-state index contributed by atoms with van der Waals surface area (Å²) in [7, 11) is 0. The number of carbonyl (C=O) groups excluding carboxylic acids is 1. The average Bonchev–Trinajstić information content (AvgIpc) is 2.98. The Balaban J connectivity index is 2.06. The van der Waals surface area contributed by atoms with E-state index in [2.05, 4.69) is 5.32 Å². The summed E-state index contributed by atoms with van der Waals surface area (Å²) in [6, 6.07) is 8.10. The lowest BCUT2D eigenvalue weighted by Crippen LogP contribution is -2.43. The third-order valence-corrected chi connectivity index (χ3v) is 3.24. The average molecular weight is 218 g/mol. The largest absolute Gasteiger partial charge is 0.348 e. The molecule has 1 aromatic carbocycles. The number of benzene rings is 1. The smallest absolute Gasteiger partial charge is 0.240 e. The molecule has 1 aliphatic rings. The van der Waals surface area contributed by atoms with E-state index in [1.807, 2.05) is 38.1 Å². The Morgan fingerprint density at radius 2 is 2.06 bits per heavy atom. The summed E-state index contributed by atoms with van der Waals surface area (Å²) in [6.45, 7) is 4.04. The monoisotopic (exact) mass is 218 g/mol. The van der Waals surface area contributed by atoms with E-state index in [0.717, 1.165) is 18.4 Å². The normalized spacial score (nSPS) is 18.9. The number of hydrogen-bond donors (Lipinski definition) is 2. The fourth-order valence-electron chi connectivity index (χ4n) is 1.85. The molecule has 0 bridgehead atoms. The molecule has 1 amide bonds. The van der Waals surface area contributed by atoms with Crippen LogP contribution in [0.15, 0.2) is 24.3 Å². The molecule has 1 saturated carbocycles. The van der Waals surface area contributed by atoms with E-state index in [1.54, 1.807) is 0 Å². The van der Waals surface area contributed by atoms with Gasteiger partial charge in [0.2, 0.25) is 5.91 Å². The number of nitrogens with one attached hydrogen (secondary N) is 1. The maximum atomic E-state index is 11.8. The number of carbonyl (C=O) groups is 1. The van der Waals surface area contributed by atoms with Crippen LogP contribution in [0.3, 0.4) is 0 Å². The zero-order valence-electron chi connectivity index (χ0n) is 9.79. The van der Waals surface area contributed by atoms with Crippen molar-refractivity contribution in [1.82, 2.24) is 5.32 Å². The van der Waals surface area contributed by atoms with Crippen molar-refractivity contribution in [2.24, 2.45) is 5.73 Å². The molecule has 0 spiro atoms. The molecule has 86 valence electrons. The molecule has 3 heteroatoms. The Kier molecular flexibility index (Phi) is 2.72. The number of hydrogen-bond acceptors (Lipinski definition) is 2. The van der Waals surface area contributed by atoms with Gasteiger partial charge in [-0.15, -0.1) is 0 Å².